The molecule has 1 heterocycles. The lowest BCUT2D eigenvalue weighted by Gasteiger charge is -2.05. The molecule has 0 unspecified atom stereocenters. The van der Waals surface area contributed by atoms with E-state index >= 15 is 0 Å². The van der Waals surface area contributed by atoms with Crippen LogP contribution < -0.4 is 0 Å². The molecule has 6 heteroatoms. The third-order valence-corrected chi connectivity index (χ3v) is 2.77. The topological polar surface area (TPSA) is 57.0 Å². The van der Waals surface area contributed by atoms with Gasteiger partial charge in [-0.1, -0.05) is 24.3 Å². The van der Waals surface area contributed by atoms with Crippen LogP contribution in [0.25, 0.3) is 0 Å². The predicted octanol–water partition coefficient (Wildman–Crippen LogP) is 1.81. The van der Waals surface area contributed by atoms with Gasteiger partial charge in [-0.2, -0.15) is 0 Å². The van der Waals surface area contributed by atoms with E-state index < -0.39 is 5.97 Å². The molecule has 0 spiro atoms. The van der Waals surface area contributed by atoms with Crippen LogP contribution in [0.15, 0.2) is 24.3 Å². The van der Waals surface area contributed by atoms with Crippen molar-refractivity contribution in [3.05, 3.63) is 47.0 Å². The van der Waals surface area contributed by atoms with Crippen molar-refractivity contribution in [1.82, 2.24) is 15.0 Å². The average molecular weight is 263 g/mol. The first-order chi connectivity index (χ1) is 9.15. The SMILES string of the molecule is CCc1c(C(=O)OC)nnn1Cc1cccc(F)c1. The van der Waals surface area contributed by atoms with Crippen LogP contribution >= 0.6 is 0 Å². The van der Waals surface area contributed by atoms with Crippen molar-refractivity contribution >= 4 is 5.97 Å². The fourth-order valence-corrected chi connectivity index (χ4v) is 1.87. The Morgan fingerprint density at radius 3 is 2.89 bits per heavy atom. The molecule has 0 fully saturated rings. The minimum Gasteiger partial charge on any atom is -0.464 e. The minimum atomic E-state index is -0.512. The number of hydrogen-bond donors (Lipinski definition) is 0. The molecule has 0 aliphatic rings. The second-order valence-corrected chi connectivity index (χ2v) is 4.02. The number of carbonyl (C=O) groups is 1. The van der Waals surface area contributed by atoms with Crippen molar-refractivity contribution in [3.63, 3.8) is 0 Å². The molecular formula is C13H14FN3O2. The van der Waals surface area contributed by atoms with Crippen LogP contribution in [0.4, 0.5) is 4.39 Å². The van der Waals surface area contributed by atoms with Crippen LogP contribution in [0.3, 0.4) is 0 Å². The van der Waals surface area contributed by atoms with Crippen molar-refractivity contribution < 1.29 is 13.9 Å². The van der Waals surface area contributed by atoms with Crippen molar-refractivity contribution in [3.8, 4) is 0 Å². The minimum absolute atomic E-state index is 0.210. The van der Waals surface area contributed by atoms with Gasteiger partial charge < -0.3 is 4.74 Å². The molecule has 1 aromatic carbocycles. The van der Waals surface area contributed by atoms with Crippen molar-refractivity contribution in [1.29, 1.82) is 0 Å². The highest BCUT2D eigenvalue weighted by Gasteiger charge is 2.18. The van der Waals surface area contributed by atoms with Crippen LogP contribution in [-0.4, -0.2) is 28.1 Å². The molecule has 2 aromatic rings. The van der Waals surface area contributed by atoms with E-state index in [-0.39, 0.29) is 11.5 Å². The van der Waals surface area contributed by atoms with Gasteiger partial charge in [-0.3, -0.25) is 0 Å². The predicted molar refractivity (Wildman–Crippen MR) is 66.2 cm³/mol. The number of ether oxygens (including phenoxy) is 1. The van der Waals surface area contributed by atoms with Gasteiger partial charge in [0.15, 0.2) is 5.69 Å². The maximum atomic E-state index is 13.1. The lowest BCUT2D eigenvalue weighted by atomic mass is 10.2. The summed E-state index contributed by atoms with van der Waals surface area (Å²) < 4.78 is 19.4. The Hall–Kier alpha value is -2.24. The molecule has 2 rings (SSSR count). The second kappa shape index (κ2) is 5.60. The highest BCUT2D eigenvalue weighted by Crippen LogP contribution is 2.11. The van der Waals surface area contributed by atoms with E-state index in [9.17, 15) is 9.18 Å². The third kappa shape index (κ3) is 2.78. The molecule has 0 aliphatic heterocycles. The molecule has 5 nitrogen and oxygen atoms in total. The normalized spacial score (nSPS) is 10.5. The van der Waals surface area contributed by atoms with Gasteiger partial charge in [-0.15, -0.1) is 5.10 Å². The van der Waals surface area contributed by atoms with E-state index in [0.717, 1.165) is 5.56 Å². The highest BCUT2D eigenvalue weighted by atomic mass is 19.1. The third-order valence-electron chi connectivity index (χ3n) is 2.77. The van der Waals surface area contributed by atoms with E-state index in [0.29, 0.717) is 18.7 Å². The summed E-state index contributed by atoms with van der Waals surface area (Å²) in [5, 5.41) is 7.75. The fourth-order valence-electron chi connectivity index (χ4n) is 1.87. The van der Waals surface area contributed by atoms with Gasteiger partial charge in [0.1, 0.15) is 5.82 Å². The summed E-state index contributed by atoms with van der Waals surface area (Å²) in [7, 11) is 1.30. The fraction of sp³-hybridized carbons (Fsp3) is 0.308. The first-order valence-corrected chi connectivity index (χ1v) is 5.90. The van der Waals surface area contributed by atoms with Crippen LogP contribution in [0, 0.1) is 5.82 Å². The zero-order chi connectivity index (χ0) is 13.8. The summed E-state index contributed by atoms with van der Waals surface area (Å²) >= 11 is 0. The van der Waals surface area contributed by atoms with Crippen LogP contribution in [-0.2, 0) is 17.7 Å². The van der Waals surface area contributed by atoms with Gasteiger partial charge >= 0.3 is 5.97 Å². The van der Waals surface area contributed by atoms with Gasteiger partial charge in [0.25, 0.3) is 0 Å². The summed E-state index contributed by atoms with van der Waals surface area (Å²) in [6.07, 6.45) is 0.590. The number of rotatable bonds is 4. The molecule has 0 N–H and O–H groups in total. The molecule has 0 atom stereocenters. The monoisotopic (exact) mass is 263 g/mol. The molecule has 0 saturated carbocycles. The number of esters is 1. The van der Waals surface area contributed by atoms with Crippen molar-refractivity contribution in [2.75, 3.05) is 7.11 Å². The number of halogens is 1. The maximum absolute atomic E-state index is 13.1. The van der Waals surface area contributed by atoms with Crippen LogP contribution in [0.2, 0.25) is 0 Å². The molecule has 100 valence electrons. The lowest BCUT2D eigenvalue weighted by Crippen LogP contribution is -2.09. The smallest absolute Gasteiger partial charge is 0.360 e. The largest absolute Gasteiger partial charge is 0.464 e. The maximum Gasteiger partial charge on any atom is 0.360 e. The first kappa shape index (κ1) is 13.2. The van der Waals surface area contributed by atoms with E-state index in [4.69, 9.17) is 0 Å². The van der Waals surface area contributed by atoms with Gasteiger partial charge in [-0.25, -0.2) is 13.9 Å². The van der Waals surface area contributed by atoms with E-state index in [1.54, 1.807) is 16.8 Å². The number of aromatic nitrogens is 3. The quantitative estimate of drug-likeness (QED) is 0.789. The highest BCUT2D eigenvalue weighted by molar-refractivity contribution is 5.88. The van der Waals surface area contributed by atoms with Crippen molar-refractivity contribution in [2.45, 2.75) is 19.9 Å². The Kier molecular flexibility index (Phi) is 3.89. The Bertz CT molecular complexity index is 595. The summed E-state index contributed by atoms with van der Waals surface area (Å²) in [4.78, 5) is 11.5. The molecule has 0 saturated heterocycles. The van der Waals surface area contributed by atoms with E-state index in [2.05, 4.69) is 15.0 Å². The van der Waals surface area contributed by atoms with Crippen molar-refractivity contribution in [2.24, 2.45) is 0 Å². The van der Waals surface area contributed by atoms with E-state index in [1.165, 1.54) is 19.2 Å². The Labute approximate surface area is 110 Å². The lowest BCUT2D eigenvalue weighted by molar-refractivity contribution is 0.0592. The molecule has 0 aliphatic carbocycles. The molecule has 0 radical (unpaired) electrons. The molecular weight excluding hydrogens is 249 g/mol. The zero-order valence-electron chi connectivity index (χ0n) is 10.8. The average Bonchev–Trinajstić information content (AvgIpc) is 2.80. The van der Waals surface area contributed by atoms with Gasteiger partial charge in [0.2, 0.25) is 0 Å². The van der Waals surface area contributed by atoms with Gasteiger partial charge in [0.05, 0.1) is 19.3 Å². The summed E-state index contributed by atoms with van der Waals surface area (Å²) in [5.74, 6) is -0.814. The number of nitrogens with zero attached hydrogens (tertiary/aromatic N) is 3. The van der Waals surface area contributed by atoms with Crippen LogP contribution in [0.5, 0.6) is 0 Å². The standard InChI is InChI=1S/C13H14FN3O2/c1-3-11-12(13(18)19-2)15-16-17(11)8-9-5-4-6-10(14)7-9/h4-7H,3,8H2,1-2H3. The Balaban J connectivity index is 2.30. The number of benzene rings is 1. The Morgan fingerprint density at radius 1 is 1.47 bits per heavy atom. The summed E-state index contributed by atoms with van der Waals surface area (Å²) in [6.45, 7) is 2.26. The number of carbonyl (C=O) groups excluding carboxylic acids is 1. The Morgan fingerprint density at radius 2 is 2.26 bits per heavy atom. The molecule has 0 bridgehead atoms. The molecule has 19 heavy (non-hydrogen) atoms. The van der Waals surface area contributed by atoms with Gasteiger partial charge in [-0.05, 0) is 24.1 Å². The second-order valence-electron chi connectivity index (χ2n) is 4.02. The molecule has 1 aromatic heterocycles. The summed E-state index contributed by atoms with van der Waals surface area (Å²) in [6, 6.07) is 6.24. The number of hydrogen-bond acceptors (Lipinski definition) is 4. The number of methoxy groups -OCH3 is 1. The zero-order valence-corrected chi connectivity index (χ0v) is 10.8. The van der Waals surface area contributed by atoms with Gasteiger partial charge in [0, 0.05) is 0 Å². The van der Waals surface area contributed by atoms with E-state index in [1.807, 2.05) is 6.92 Å². The summed E-state index contributed by atoms with van der Waals surface area (Å²) in [5.41, 5.74) is 1.65. The molecule has 0 amide bonds. The first-order valence-electron chi connectivity index (χ1n) is 5.90. The van der Waals surface area contributed by atoms with Crippen LogP contribution in [0.1, 0.15) is 28.7 Å².